The minimum Gasteiger partial charge on any atom is -0.481 e. The van der Waals surface area contributed by atoms with Gasteiger partial charge in [0.2, 0.25) is 0 Å². The van der Waals surface area contributed by atoms with E-state index in [1.165, 1.54) is 0 Å². The second-order valence-electron chi connectivity index (χ2n) is 5.96. The first-order valence-corrected chi connectivity index (χ1v) is 8.10. The van der Waals surface area contributed by atoms with Gasteiger partial charge in [0.1, 0.15) is 5.82 Å². The van der Waals surface area contributed by atoms with E-state index >= 15 is 0 Å². The Kier molecular flexibility index (Phi) is 6.55. The topological polar surface area (TPSA) is 66.4 Å². The highest BCUT2D eigenvalue weighted by Crippen LogP contribution is 2.32. The van der Waals surface area contributed by atoms with Crippen molar-refractivity contribution in [2.45, 2.75) is 31.5 Å². The number of amides is 1. The van der Waals surface area contributed by atoms with E-state index in [9.17, 15) is 27.2 Å². The third kappa shape index (κ3) is 5.80. The maximum absolute atomic E-state index is 14.1. The lowest BCUT2D eigenvalue weighted by Crippen LogP contribution is -2.37. The van der Waals surface area contributed by atoms with Gasteiger partial charge >= 0.3 is 12.1 Å². The fraction of sp³-hybridized carbons (Fsp3) is 0.263. The van der Waals surface area contributed by atoms with Crippen molar-refractivity contribution in [1.82, 2.24) is 5.32 Å². The zero-order valence-electron chi connectivity index (χ0n) is 14.1. The van der Waals surface area contributed by atoms with Crippen LogP contribution < -0.4 is 5.32 Å². The number of carbonyl (C=O) groups excluding carboxylic acids is 1. The molecule has 1 amide bonds. The van der Waals surface area contributed by atoms with Gasteiger partial charge in [0, 0.05) is 12.5 Å². The molecule has 0 fully saturated rings. The second-order valence-corrected chi connectivity index (χ2v) is 5.96. The third-order valence-electron chi connectivity index (χ3n) is 3.92. The highest BCUT2D eigenvalue weighted by Gasteiger charge is 2.35. The molecule has 27 heavy (non-hydrogen) atoms. The average Bonchev–Trinajstić information content (AvgIpc) is 2.59. The number of benzene rings is 2. The molecule has 0 aliphatic carbocycles. The predicted octanol–water partition coefficient (Wildman–Crippen LogP) is 4.05. The van der Waals surface area contributed by atoms with Crippen LogP contribution in [-0.2, 0) is 17.4 Å². The van der Waals surface area contributed by atoms with Gasteiger partial charge in [0.15, 0.2) is 0 Å². The van der Waals surface area contributed by atoms with Crippen LogP contribution in [0.1, 0.15) is 34.3 Å². The van der Waals surface area contributed by atoms with E-state index in [0.29, 0.717) is 6.07 Å². The zero-order valence-corrected chi connectivity index (χ0v) is 14.1. The molecule has 0 heterocycles. The van der Waals surface area contributed by atoms with Gasteiger partial charge in [-0.1, -0.05) is 36.4 Å². The molecule has 1 unspecified atom stereocenters. The number of rotatable bonds is 7. The van der Waals surface area contributed by atoms with Crippen molar-refractivity contribution in [1.29, 1.82) is 0 Å². The Balaban J connectivity index is 2.21. The SMILES string of the molecule is O=C(O)CCC(Cc1ccccc1)NC(=O)c1cccc(C(F)(F)F)c1F. The van der Waals surface area contributed by atoms with E-state index in [1.54, 1.807) is 30.3 Å². The lowest BCUT2D eigenvalue weighted by Gasteiger charge is -2.19. The molecule has 4 nitrogen and oxygen atoms in total. The van der Waals surface area contributed by atoms with Gasteiger partial charge in [0.05, 0.1) is 11.1 Å². The number of halogens is 4. The second kappa shape index (κ2) is 8.66. The summed E-state index contributed by atoms with van der Waals surface area (Å²) in [6.45, 7) is 0. The van der Waals surface area contributed by atoms with Gasteiger partial charge in [0.25, 0.3) is 5.91 Å². The molecular formula is C19H17F4NO3. The molecule has 0 bridgehead atoms. The molecule has 0 aliphatic rings. The highest BCUT2D eigenvalue weighted by molar-refractivity contribution is 5.95. The molecule has 2 N–H and O–H groups in total. The molecule has 0 saturated heterocycles. The van der Waals surface area contributed by atoms with Gasteiger partial charge in [-0.25, -0.2) is 4.39 Å². The maximum atomic E-state index is 14.1. The first-order chi connectivity index (χ1) is 12.7. The first-order valence-electron chi connectivity index (χ1n) is 8.10. The number of carboxylic acids is 1. The number of hydrogen-bond donors (Lipinski definition) is 2. The van der Waals surface area contributed by atoms with E-state index in [1.807, 2.05) is 0 Å². The lowest BCUT2D eigenvalue weighted by molar-refractivity contribution is -0.140. The summed E-state index contributed by atoms with van der Waals surface area (Å²) < 4.78 is 52.6. The Morgan fingerprint density at radius 3 is 2.30 bits per heavy atom. The quantitative estimate of drug-likeness (QED) is 0.709. The van der Waals surface area contributed by atoms with Crippen molar-refractivity contribution in [3.8, 4) is 0 Å². The molecule has 2 rings (SSSR count). The number of carbonyl (C=O) groups is 2. The third-order valence-corrected chi connectivity index (χ3v) is 3.92. The fourth-order valence-corrected chi connectivity index (χ4v) is 2.61. The summed E-state index contributed by atoms with van der Waals surface area (Å²) in [7, 11) is 0. The Bertz CT molecular complexity index is 806. The number of hydrogen-bond acceptors (Lipinski definition) is 2. The molecule has 0 aliphatic heterocycles. The van der Waals surface area contributed by atoms with E-state index in [2.05, 4.69) is 5.32 Å². The Hall–Kier alpha value is -2.90. The Morgan fingerprint density at radius 2 is 1.70 bits per heavy atom. The van der Waals surface area contributed by atoms with Gasteiger partial charge in [-0.2, -0.15) is 13.2 Å². The van der Waals surface area contributed by atoms with Crippen LogP contribution in [0.25, 0.3) is 0 Å². The average molecular weight is 383 g/mol. The standard InChI is InChI=1S/C19H17F4NO3/c20-17-14(7-4-8-15(17)19(21,22)23)18(27)24-13(9-10-16(25)26)11-12-5-2-1-3-6-12/h1-8,13H,9-11H2,(H,24,27)(H,25,26). The van der Waals surface area contributed by atoms with Crippen molar-refractivity contribution < 1.29 is 32.3 Å². The maximum Gasteiger partial charge on any atom is 0.419 e. The summed E-state index contributed by atoms with van der Waals surface area (Å²) in [6, 6.07) is 10.6. The summed E-state index contributed by atoms with van der Waals surface area (Å²) >= 11 is 0. The van der Waals surface area contributed by atoms with Gasteiger partial charge in [-0.3, -0.25) is 9.59 Å². The molecular weight excluding hydrogens is 366 g/mol. The Morgan fingerprint density at radius 1 is 1.04 bits per heavy atom. The summed E-state index contributed by atoms with van der Waals surface area (Å²) in [4.78, 5) is 23.1. The first kappa shape index (κ1) is 20.4. The normalized spacial score (nSPS) is 12.4. The van der Waals surface area contributed by atoms with Crippen molar-refractivity contribution in [3.05, 3.63) is 71.0 Å². The summed E-state index contributed by atoms with van der Waals surface area (Å²) in [5.41, 5.74) is -1.46. The minimum absolute atomic E-state index is 0.0521. The lowest BCUT2D eigenvalue weighted by atomic mass is 10.0. The number of carboxylic acid groups (broad SMARTS) is 1. The minimum atomic E-state index is -4.92. The molecule has 1 atom stereocenters. The van der Waals surface area contributed by atoms with Gasteiger partial charge in [-0.15, -0.1) is 0 Å². The molecule has 144 valence electrons. The van der Waals surface area contributed by atoms with Crippen LogP contribution in [0.5, 0.6) is 0 Å². The largest absolute Gasteiger partial charge is 0.481 e. The van der Waals surface area contributed by atoms with Crippen LogP contribution in [0.2, 0.25) is 0 Å². The van der Waals surface area contributed by atoms with Crippen LogP contribution in [0.3, 0.4) is 0 Å². The molecule has 2 aromatic carbocycles. The number of aliphatic carboxylic acids is 1. The van der Waals surface area contributed by atoms with E-state index < -0.39 is 41.0 Å². The Labute approximate surface area is 152 Å². The van der Waals surface area contributed by atoms with E-state index in [0.717, 1.165) is 17.7 Å². The van der Waals surface area contributed by atoms with E-state index in [-0.39, 0.29) is 19.3 Å². The molecule has 0 spiro atoms. The van der Waals surface area contributed by atoms with E-state index in [4.69, 9.17) is 5.11 Å². The molecule has 0 radical (unpaired) electrons. The summed E-state index contributed by atoms with van der Waals surface area (Å²) in [6.07, 6.45) is -4.85. The van der Waals surface area contributed by atoms with Crippen LogP contribution in [0.15, 0.2) is 48.5 Å². The zero-order chi connectivity index (χ0) is 20.0. The van der Waals surface area contributed by atoms with Crippen LogP contribution in [0.4, 0.5) is 17.6 Å². The number of alkyl halides is 3. The van der Waals surface area contributed by atoms with Crippen LogP contribution in [-0.4, -0.2) is 23.0 Å². The molecule has 0 saturated carbocycles. The monoisotopic (exact) mass is 383 g/mol. The van der Waals surface area contributed by atoms with Crippen molar-refractivity contribution >= 4 is 11.9 Å². The fourth-order valence-electron chi connectivity index (χ4n) is 2.61. The smallest absolute Gasteiger partial charge is 0.419 e. The molecule has 2 aromatic rings. The molecule has 0 aromatic heterocycles. The molecule has 8 heteroatoms. The van der Waals surface area contributed by atoms with Crippen molar-refractivity contribution in [3.63, 3.8) is 0 Å². The predicted molar refractivity (Wildman–Crippen MR) is 89.7 cm³/mol. The summed E-state index contributed by atoms with van der Waals surface area (Å²) in [5, 5.41) is 11.3. The van der Waals surface area contributed by atoms with Gasteiger partial charge < -0.3 is 10.4 Å². The summed E-state index contributed by atoms with van der Waals surface area (Å²) in [5.74, 6) is -3.75. The number of nitrogens with one attached hydrogen (secondary N) is 1. The van der Waals surface area contributed by atoms with Crippen LogP contribution in [0, 0.1) is 5.82 Å². The van der Waals surface area contributed by atoms with Crippen molar-refractivity contribution in [2.75, 3.05) is 0 Å². The van der Waals surface area contributed by atoms with Crippen molar-refractivity contribution in [2.24, 2.45) is 0 Å². The van der Waals surface area contributed by atoms with Crippen LogP contribution >= 0.6 is 0 Å². The highest BCUT2D eigenvalue weighted by atomic mass is 19.4. The van der Waals surface area contributed by atoms with Gasteiger partial charge in [-0.05, 0) is 30.5 Å².